The third-order valence-electron chi connectivity index (χ3n) is 3.50. The molecule has 0 aliphatic rings. The molecule has 1 N–H and O–H groups in total. The molecule has 0 aromatic heterocycles. The zero-order chi connectivity index (χ0) is 18.4. The van der Waals surface area contributed by atoms with Crippen LogP contribution in [0.4, 0.5) is 8.78 Å². The lowest BCUT2D eigenvalue weighted by Crippen LogP contribution is -2.43. The van der Waals surface area contributed by atoms with Crippen LogP contribution in [0.2, 0.25) is 0 Å². The van der Waals surface area contributed by atoms with Gasteiger partial charge in [0.15, 0.2) is 11.6 Å². The van der Waals surface area contributed by atoms with Gasteiger partial charge in [-0.3, -0.25) is 4.79 Å². The maximum Gasteiger partial charge on any atom is 0.328 e. The molecule has 2 rings (SSSR count). The lowest BCUT2D eigenvalue weighted by Gasteiger charge is -2.17. The van der Waals surface area contributed by atoms with Crippen LogP contribution in [0.1, 0.15) is 21.5 Å². The molecule has 0 heterocycles. The molecule has 0 radical (unpaired) electrons. The number of nitrogens with zero attached hydrogens (tertiary/aromatic N) is 1. The lowest BCUT2D eigenvalue weighted by atomic mass is 10.0. The van der Waals surface area contributed by atoms with E-state index in [2.05, 4.69) is 10.1 Å². The highest BCUT2D eigenvalue weighted by Crippen LogP contribution is 2.11. The van der Waals surface area contributed by atoms with Crippen molar-refractivity contribution in [1.29, 1.82) is 5.26 Å². The number of halogens is 2. The highest BCUT2D eigenvalue weighted by Gasteiger charge is 2.23. The van der Waals surface area contributed by atoms with E-state index >= 15 is 0 Å². The SMILES string of the molecule is COC(=O)[C@H](Cc1ccc(C#N)cc1)NC(=O)c1ccc(F)c(F)c1. The number of esters is 1. The maximum absolute atomic E-state index is 13.2. The number of carbonyl (C=O) groups is 2. The van der Waals surface area contributed by atoms with Crippen LogP contribution in [0.5, 0.6) is 0 Å². The van der Waals surface area contributed by atoms with Crippen LogP contribution in [0.15, 0.2) is 42.5 Å². The minimum absolute atomic E-state index is 0.118. The van der Waals surface area contributed by atoms with Gasteiger partial charge < -0.3 is 10.1 Å². The second-order valence-corrected chi connectivity index (χ2v) is 5.19. The summed E-state index contributed by atoms with van der Waals surface area (Å²) >= 11 is 0. The van der Waals surface area contributed by atoms with Crippen LogP contribution in [0.3, 0.4) is 0 Å². The van der Waals surface area contributed by atoms with Crippen molar-refractivity contribution in [1.82, 2.24) is 5.32 Å². The first-order valence-electron chi connectivity index (χ1n) is 7.27. The molecule has 128 valence electrons. The molecule has 0 saturated heterocycles. The van der Waals surface area contributed by atoms with Gasteiger partial charge in [-0.1, -0.05) is 12.1 Å². The number of amides is 1. The molecule has 1 amide bonds. The number of nitrogens with one attached hydrogen (secondary N) is 1. The topological polar surface area (TPSA) is 79.2 Å². The zero-order valence-corrected chi connectivity index (χ0v) is 13.3. The van der Waals surface area contributed by atoms with Gasteiger partial charge in [0, 0.05) is 12.0 Å². The molecule has 5 nitrogen and oxygen atoms in total. The molecule has 0 spiro atoms. The predicted molar refractivity (Wildman–Crippen MR) is 84.5 cm³/mol. The Morgan fingerprint density at radius 1 is 1.16 bits per heavy atom. The third-order valence-corrected chi connectivity index (χ3v) is 3.50. The molecular weight excluding hydrogens is 330 g/mol. The highest BCUT2D eigenvalue weighted by atomic mass is 19.2. The summed E-state index contributed by atoms with van der Waals surface area (Å²) in [7, 11) is 1.18. The molecule has 0 aliphatic carbocycles. The van der Waals surface area contributed by atoms with Gasteiger partial charge in [0.2, 0.25) is 0 Å². The number of nitriles is 1. The zero-order valence-electron chi connectivity index (χ0n) is 13.3. The number of carbonyl (C=O) groups excluding carboxylic acids is 2. The van der Waals surface area contributed by atoms with Gasteiger partial charge in [-0.15, -0.1) is 0 Å². The molecule has 2 aromatic carbocycles. The normalized spacial score (nSPS) is 11.3. The molecular formula is C18H14F2N2O3. The van der Waals surface area contributed by atoms with Crippen molar-refractivity contribution in [3.63, 3.8) is 0 Å². The van der Waals surface area contributed by atoms with Crippen molar-refractivity contribution in [2.75, 3.05) is 7.11 Å². The van der Waals surface area contributed by atoms with E-state index in [0.29, 0.717) is 11.1 Å². The summed E-state index contributed by atoms with van der Waals surface area (Å²) < 4.78 is 30.9. The Morgan fingerprint density at radius 3 is 2.40 bits per heavy atom. The fourth-order valence-electron chi connectivity index (χ4n) is 2.17. The van der Waals surface area contributed by atoms with Gasteiger partial charge in [0.1, 0.15) is 6.04 Å². The van der Waals surface area contributed by atoms with Crippen LogP contribution < -0.4 is 5.32 Å². The lowest BCUT2D eigenvalue weighted by molar-refractivity contribution is -0.142. The van der Waals surface area contributed by atoms with Crippen molar-refractivity contribution in [3.05, 3.63) is 70.8 Å². The molecule has 2 aromatic rings. The van der Waals surface area contributed by atoms with E-state index in [9.17, 15) is 18.4 Å². The molecule has 0 aliphatic heterocycles. The second-order valence-electron chi connectivity index (χ2n) is 5.19. The first kappa shape index (κ1) is 18.1. The summed E-state index contributed by atoms with van der Waals surface area (Å²) in [5.74, 6) is -3.64. The van der Waals surface area contributed by atoms with E-state index in [1.165, 1.54) is 7.11 Å². The van der Waals surface area contributed by atoms with Crippen LogP contribution in [0, 0.1) is 23.0 Å². The Kier molecular flexibility index (Phi) is 5.79. The number of rotatable bonds is 5. The highest BCUT2D eigenvalue weighted by molar-refractivity contribution is 5.96. The Hall–Kier alpha value is -3.27. The summed E-state index contributed by atoms with van der Waals surface area (Å²) in [6, 6.07) is 10.1. The number of ether oxygens (including phenoxy) is 1. The minimum Gasteiger partial charge on any atom is -0.467 e. The largest absolute Gasteiger partial charge is 0.467 e. The minimum atomic E-state index is -1.16. The van der Waals surface area contributed by atoms with Crippen molar-refractivity contribution in [2.45, 2.75) is 12.5 Å². The van der Waals surface area contributed by atoms with E-state index in [4.69, 9.17) is 5.26 Å². The first-order chi connectivity index (χ1) is 11.9. The van der Waals surface area contributed by atoms with Gasteiger partial charge in [-0.25, -0.2) is 13.6 Å². The Balaban J connectivity index is 2.16. The summed E-state index contributed by atoms with van der Waals surface area (Å²) in [5, 5.41) is 11.2. The molecule has 0 saturated carbocycles. The van der Waals surface area contributed by atoms with Gasteiger partial charge in [-0.2, -0.15) is 5.26 Å². The summed E-state index contributed by atoms with van der Waals surface area (Å²) in [6.07, 6.45) is 0.119. The van der Waals surface area contributed by atoms with Crippen LogP contribution in [-0.4, -0.2) is 25.0 Å². The average Bonchev–Trinajstić information content (AvgIpc) is 2.63. The quantitative estimate of drug-likeness (QED) is 0.845. The number of hydrogen-bond donors (Lipinski definition) is 1. The van der Waals surface area contributed by atoms with E-state index in [0.717, 1.165) is 18.2 Å². The van der Waals surface area contributed by atoms with E-state index in [1.54, 1.807) is 24.3 Å². The molecule has 1 atom stereocenters. The summed E-state index contributed by atoms with van der Waals surface area (Å²) in [5.41, 5.74) is 1.04. The maximum atomic E-state index is 13.2. The second kappa shape index (κ2) is 8.02. The van der Waals surface area contributed by atoms with Gasteiger partial charge >= 0.3 is 5.97 Å². The third kappa shape index (κ3) is 4.61. The molecule has 7 heteroatoms. The fourth-order valence-corrected chi connectivity index (χ4v) is 2.17. The fraction of sp³-hybridized carbons (Fsp3) is 0.167. The monoisotopic (exact) mass is 344 g/mol. The molecule has 0 fully saturated rings. The van der Waals surface area contributed by atoms with Crippen molar-refractivity contribution in [2.24, 2.45) is 0 Å². The van der Waals surface area contributed by atoms with Crippen molar-refractivity contribution < 1.29 is 23.1 Å². The van der Waals surface area contributed by atoms with E-state index in [1.807, 2.05) is 6.07 Å². The standard InChI is InChI=1S/C18H14F2N2O3/c1-25-18(24)16(8-11-2-4-12(10-21)5-3-11)22-17(23)13-6-7-14(19)15(20)9-13/h2-7,9,16H,8H2,1H3,(H,22,23)/t16-/m0/s1. The summed E-state index contributed by atoms with van der Waals surface area (Å²) in [6.45, 7) is 0. The predicted octanol–water partition coefficient (Wildman–Crippen LogP) is 2.35. The smallest absolute Gasteiger partial charge is 0.328 e. The van der Waals surface area contributed by atoms with Crippen molar-refractivity contribution >= 4 is 11.9 Å². The Morgan fingerprint density at radius 2 is 1.84 bits per heavy atom. The van der Waals surface area contributed by atoms with Gasteiger partial charge in [0.25, 0.3) is 5.91 Å². The van der Waals surface area contributed by atoms with Gasteiger partial charge in [-0.05, 0) is 35.9 Å². The molecule has 0 bridgehead atoms. The summed E-state index contributed by atoms with van der Waals surface area (Å²) in [4.78, 5) is 24.1. The van der Waals surface area contributed by atoms with E-state index in [-0.39, 0.29) is 12.0 Å². The number of methoxy groups -OCH3 is 1. The Labute approximate surface area is 142 Å². The molecule has 25 heavy (non-hydrogen) atoms. The van der Waals surface area contributed by atoms with Crippen molar-refractivity contribution in [3.8, 4) is 6.07 Å². The number of benzene rings is 2. The first-order valence-corrected chi connectivity index (χ1v) is 7.27. The van der Waals surface area contributed by atoms with Crippen LogP contribution in [-0.2, 0) is 16.0 Å². The average molecular weight is 344 g/mol. The molecule has 0 unspecified atom stereocenters. The Bertz CT molecular complexity index is 829. The van der Waals surface area contributed by atoms with E-state index < -0.39 is 29.6 Å². The number of hydrogen-bond acceptors (Lipinski definition) is 4. The van der Waals surface area contributed by atoms with Crippen LogP contribution >= 0.6 is 0 Å². The van der Waals surface area contributed by atoms with Gasteiger partial charge in [0.05, 0.1) is 18.7 Å². The van der Waals surface area contributed by atoms with Crippen LogP contribution in [0.25, 0.3) is 0 Å².